The van der Waals surface area contributed by atoms with Crippen molar-refractivity contribution in [2.45, 2.75) is 19.9 Å². The van der Waals surface area contributed by atoms with Gasteiger partial charge in [0.05, 0.1) is 13.3 Å². The van der Waals surface area contributed by atoms with Gasteiger partial charge in [0.15, 0.2) is 11.6 Å². The second-order valence-corrected chi connectivity index (χ2v) is 4.58. The summed E-state index contributed by atoms with van der Waals surface area (Å²) in [5.41, 5.74) is 0.0530. The minimum Gasteiger partial charge on any atom is -0.495 e. The molecule has 6 heteroatoms. The van der Waals surface area contributed by atoms with Gasteiger partial charge in [-0.1, -0.05) is 0 Å². The summed E-state index contributed by atoms with van der Waals surface area (Å²) in [7, 11) is 1.43. The summed E-state index contributed by atoms with van der Waals surface area (Å²) < 4.78 is 20.0. The van der Waals surface area contributed by atoms with Crippen LogP contribution in [0.15, 0.2) is 35.4 Å². The molecule has 0 bridgehead atoms. The summed E-state index contributed by atoms with van der Waals surface area (Å²) in [6.45, 7) is 3.84. The largest absolute Gasteiger partial charge is 0.495 e. The van der Waals surface area contributed by atoms with Crippen molar-refractivity contribution < 1.29 is 9.13 Å². The third-order valence-electron chi connectivity index (χ3n) is 2.65. The van der Waals surface area contributed by atoms with Gasteiger partial charge in [-0.3, -0.25) is 9.36 Å². The predicted molar refractivity (Wildman–Crippen MR) is 75.1 cm³/mol. The molecule has 2 aromatic rings. The molecule has 0 aliphatic heterocycles. The Labute approximate surface area is 116 Å². The van der Waals surface area contributed by atoms with Crippen LogP contribution in [-0.2, 0) is 0 Å². The minimum absolute atomic E-state index is 0.0526. The number of pyridine rings is 2. The van der Waals surface area contributed by atoms with Crippen LogP contribution in [0.5, 0.6) is 5.75 Å². The highest BCUT2D eigenvalue weighted by molar-refractivity contribution is 5.44. The fourth-order valence-electron chi connectivity index (χ4n) is 1.78. The molecular formula is C14H16FN3O2. The molecule has 0 amide bonds. The molecule has 0 aliphatic rings. The van der Waals surface area contributed by atoms with Crippen LogP contribution in [0.2, 0.25) is 0 Å². The van der Waals surface area contributed by atoms with Gasteiger partial charge in [-0.2, -0.15) is 0 Å². The number of hydrogen-bond acceptors (Lipinski definition) is 4. The average molecular weight is 277 g/mol. The van der Waals surface area contributed by atoms with Crippen LogP contribution in [-0.4, -0.2) is 22.7 Å². The number of methoxy groups -OCH3 is 1. The summed E-state index contributed by atoms with van der Waals surface area (Å²) in [5, 5.41) is 3.02. The fraction of sp³-hybridized carbons (Fsp3) is 0.286. The molecule has 0 saturated carbocycles. The van der Waals surface area contributed by atoms with Crippen LogP contribution >= 0.6 is 0 Å². The first-order valence-corrected chi connectivity index (χ1v) is 6.21. The highest BCUT2D eigenvalue weighted by Crippen LogP contribution is 2.16. The molecule has 0 radical (unpaired) electrons. The molecule has 20 heavy (non-hydrogen) atoms. The Kier molecular flexibility index (Phi) is 4.02. The SMILES string of the molecule is COc1cnc(-n2cccc(NC(C)C)c2=O)c(F)c1. The molecule has 0 saturated heterocycles. The molecule has 0 spiro atoms. The molecule has 0 aromatic carbocycles. The lowest BCUT2D eigenvalue weighted by Gasteiger charge is -2.12. The van der Waals surface area contributed by atoms with Gasteiger partial charge in [-0.25, -0.2) is 9.37 Å². The quantitative estimate of drug-likeness (QED) is 0.931. The minimum atomic E-state index is -0.617. The van der Waals surface area contributed by atoms with E-state index >= 15 is 0 Å². The van der Waals surface area contributed by atoms with E-state index in [0.29, 0.717) is 11.4 Å². The zero-order valence-corrected chi connectivity index (χ0v) is 11.6. The average Bonchev–Trinajstić information content (AvgIpc) is 2.41. The van der Waals surface area contributed by atoms with Gasteiger partial charge < -0.3 is 10.1 Å². The molecule has 2 rings (SSSR count). The van der Waals surface area contributed by atoms with Crippen LogP contribution in [0, 0.1) is 5.82 Å². The summed E-state index contributed by atoms with van der Waals surface area (Å²) in [5.74, 6) is -0.368. The third kappa shape index (κ3) is 2.79. The molecule has 1 N–H and O–H groups in total. The molecule has 0 aliphatic carbocycles. The Hall–Kier alpha value is -2.37. The fourth-order valence-corrected chi connectivity index (χ4v) is 1.78. The Bertz CT molecular complexity index is 668. The highest BCUT2D eigenvalue weighted by Gasteiger charge is 2.12. The van der Waals surface area contributed by atoms with E-state index in [-0.39, 0.29) is 17.4 Å². The summed E-state index contributed by atoms with van der Waals surface area (Å²) >= 11 is 0. The number of nitrogens with one attached hydrogen (secondary N) is 1. The maximum Gasteiger partial charge on any atom is 0.279 e. The third-order valence-corrected chi connectivity index (χ3v) is 2.65. The number of anilines is 1. The lowest BCUT2D eigenvalue weighted by molar-refractivity contribution is 0.408. The first-order valence-electron chi connectivity index (χ1n) is 6.21. The second-order valence-electron chi connectivity index (χ2n) is 4.58. The standard InChI is InChI=1S/C14H16FN3O2/c1-9(2)17-12-5-4-6-18(14(12)19)13-11(15)7-10(20-3)8-16-13/h4-9,17H,1-3H3. The van der Waals surface area contributed by atoms with Crippen LogP contribution in [0.3, 0.4) is 0 Å². The van der Waals surface area contributed by atoms with Crippen molar-refractivity contribution in [3.8, 4) is 11.6 Å². The van der Waals surface area contributed by atoms with E-state index in [9.17, 15) is 9.18 Å². The van der Waals surface area contributed by atoms with E-state index in [1.165, 1.54) is 30.1 Å². The molecule has 0 fully saturated rings. The Balaban J connectivity index is 2.51. The first-order chi connectivity index (χ1) is 9.52. The summed E-state index contributed by atoms with van der Waals surface area (Å²) in [6.07, 6.45) is 2.85. The van der Waals surface area contributed by atoms with E-state index in [1.54, 1.807) is 12.1 Å². The van der Waals surface area contributed by atoms with E-state index in [0.717, 1.165) is 0 Å². The van der Waals surface area contributed by atoms with Gasteiger partial charge in [0.2, 0.25) is 0 Å². The predicted octanol–water partition coefficient (Wildman–Crippen LogP) is 2.20. The summed E-state index contributed by atoms with van der Waals surface area (Å²) in [4.78, 5) is 16.2. The first kappa shape index (κ1) is 14.0. The van der Waals surface area contributed by atoms with Crippen LogP contribution < -0.4 is 15.6 Å². The number of hydrogen-bond donors (Lipinski definition) is 1. The number of aromatic nitrogens is 2. The Morgan fingerprint density at radius 1 is 1.45 bits per heavy atom. The molecule has 2 heterocycles. The van der Waals surface area contributed by atoms with Crippen molar-refractivity contribution in [2.24, 2.45) is 0 Å². The second kappa shape index (κ2) is 5.73. The molecule has 2 aromatic heterocycles. The van der Waals surface area contributed by atoms with Crippen LogP contribution in [0.1, 0.15) is 13.8 Å². The van der Waals surface area contributed by atoms with E-state index < -0.39 is 5.82 Å². The van der Waals surface area contributed by atoms with Gasteiger partial charge in [0, 0.05) is 18.3 Å². The topological polar surface area (TPSA) is 56.1 Å². The van der Waals surface area contributed by atoms with E-state index in [2.05, 4.69) is 10.3 Å². The van der Waals surface area contributed by atoms with E-state index in [1.807, 2.05) is 13.8 Å². The van der Waals surface area contributed by atoms with Gasteiger partial charge in [0.25, 0.3) is 5.56 Å². The highest BCUT2D eigenvalue weighted by atomic mass is 19.1. The molecule has 5 nitrogen and oxygen atoms in total. The number of halogens is 1. The van der Waals surface area contributed by atoms with Crippen LogP contribution in [0.25, 0.3) is 5.82 Å². The van der Waals surface area contributed by atoms with Crippen molar-refractivity contribution in [3.63, 3.8) is 0 Å². The van der Waals surface area contributed by atoms with Gasteiger partial charge >= 0.3 is 0 Å². The maximum absolute atomic E-state index is 14.0. The maximum atomic E-state index is 14.0. The van der Waals surface area contributed by atoms with Gasteiger partial charge in [-0.15, -0.1) is 0 Å². The molecule has 0 atom stereocenters. The number of rotatable bonds is 4. The van der Waals surface area contributed by atoms with Crippen molar-refractivity contribution >= 4 is 5.69 Å². The van der Waals surface area contributed by atoms with Crippen molar-refractivity contribution in [3.05, 3.63) is 46.8 Å². The van der Waals surface area contributed by atoms with Crippen molar-refractivity contribution in [2.75, 3.05) is 12.4 Å². The molecule has 0 unspecified atom stereocenters. The lowest BCUT2D eigenvalue weighted by atomic mass is 10.3. The van der Waals surface area contributed by atoms with Gasteiger partial charge in [-0.05, 0) is 26.0 Å². The lowest BCUT2D eigenvalue weighted by Crippen LogP contribution is -2.25. The van der Waals surface area contributed by atoms with Gasteiger partial charge in [0.1, 0.15) is 11.4 Å². The Morgan fingerprint density at radius 2 is 2.20 bits per heavy atom. The number of nitrogens with zero attached hydrogens (tertiary/aromatic N) is 2. The smallest absolute Gasteiger partial charge is 0.279 e. The van der Waals surface area contributed by atoms with Crippen molar-refractivity contribution in [1.82, 2.24) is 9.55 Å². The molecular weight excluding hydrogens is 261 g/mol. The normalized spacial score (nSPS) is 10.7. The zero-order chi connectivity index (χ0) is 14.7. The van der Waals surface area contributed by atoms with Crippen molar-refractivity contribution in [1.29, 1.82) is 0 Å². The monoisotopic (exact) mass is 277 g/mol. The van der Waals surface area contributed by atoms with Crippen LogP contribution in [0.4, 0.5) is 10.1 Å². The number of ether oxygens (including phenoxy) is 1. The zero-order valence-electron chi connectivity index (χ0n) is 11.6. The summed E-state index contributed by atoms with van der Waals surface area (Å²) in [6, 6.07) is 4.61. The van der Waals surface area contributed by atoms with E-state index in [4.69, 9.17) is 4.74 Å². The molecule has 106 valence electrons. The Morgan fingerprint density at radius 3 is 2.80 bits per heavy atom.